The minimum atomic E-state index is -0.157. The van der Waals surface area contributed by atoms with Crippen LogP contribution in [0.4, 0.5) is 0 Å². The molecule has 4 rings (SSSR count). The van der Waals surface area contributed by atoms with Crippen molar-refractivity contribution in [1.82, 2.24) is 20.1 Å². The van der Waals surface area contributed by atoms with Gasteiger partial charge in [0.25, 0.3) is 5.91 Å². The first-order chi connectivity index (χ1) is 14.2. The highest BCUT2D eigenvalue weighted by Crippen LogP contribution is 2.15. The molecule has 0 fully saturated rings. The number of halogens is 1. The maximum Gasteiger partial charge on any atom is 0.251 e. The van der Waals surface area contributed by atoms with Crippen molar-refractivity contribution in [1.29, 1.82) is 0 Å². The number of benzene rings is 2. The molecule has 0 spiro atoms. The van der Waals surface area contributed by atoms with Crippen LogP contribution in [0, 0.1) is 0 Å². The molecule has 146 valence electrons. The van der Waals surface area contributed by atoms with Crippen molar-refractivity contribution >= 4 is 28.8 Å². The molecule has 0 unspecified atom stereocenters. The molecule has 0 radical (unpaired) electrons. The first-order valence-electron chi connectivity index (χ1n) is 8.85. The number of thiazole rings is 1. The van der Waals surface area contributed by atoms with E-state index in [0.29, 0.717) is 29.5 Å². The maximum absolute atomic E-state index is 12.4. The van der Waals surface area contributed by atoms with Crippen molar-refractivity contribution in [3.63, 3.8) is 0 Å². The Morgan fingerprint density at radius 1 is 1.14 bits per heavy atom. The van der Waals surface area contributed by atoms with Crippen LogP contribution in [-0.4, -0.2) is 20.7 Å². The fraction of sp³-hybridized carbons (Fsp3) is 0.0952. The summed E-state index contributed by atoms with van der Waals surface area (Å²) in [5.74, 6) is 0.536. The Labute approximate surface area is 176 Å². The van der Waals surface area contributed by atoms with E-state index in [1.807, 2.05) is 35.8 Å². The summed E-state index contributed by atoms with van der Waals surface area (Å²) in [7, 11) is 0. The summed E-state index contributed by atoms with van der Waals surface area (Å²) >= 11 is 7.44. The van der Waals surface area contributed by atoms with E-state index >= 15 is 0 Å². The van der Waals surface area contributed by atoms with Crippen LogP contribution in [0.5, 0.6) is 5.75 Å². The molecule has 0 saturated carbocycles. The largest absolute Gasteiger partial charge is 0.487 e. The average molecular weight is 425 g/mol. The highest BCUT2D eigenvalue weighted by atomic mass is 35.5. The van der Waals surface area contributed by atoms with Crippen molar-refractivity contribution < 1.29 is 9.53 Å². The van der Waals surface area contributed by atoms with Gasteiger partial charge in [-0.25, -0.2) is 9.67 Å². The Kier molecular flexibility index (Phi) is 5.88. The fourth-order valence-corrected chi connectivity index (χ4v) is 3.31. The Hall–Kier alpha value is -3.16. The summed E-state index contributed by atoms with van der Waals surface area (Å²) in [6, 6.07) is 14.4. The van der Waals surface area contributed by atoms with Gasteiger partial charge in [-0.2, -0.15) is 5.10 Å². The molecule has 0 aliphatic heterocycles. The summed E-state index contributed by atoms with van der Waals surface area (Å²) in [5.41, 5.74) is 5.02. The zero-order valence-electron chi connectivity index (χ0n) is 15.3. The molecule has 1 amide bonds. The summed E-state index contributed by atoms with van der Waals surface area (Å²) in [5, 5.41) is 9.84. The molecule has 2 aromatic heterocycles. The second-order valence-electron chi connectivity index (χ2n) is 6.25. The first kappa shape index (κ1) is 19.2. The molecule has 2 aromatic carbocycles. The van der Waals surface area contributed by atoms with E-state index in [4.69, 9.17) is 16.3 Å². The number of nitrogens with zero attached hydrogens (tertiary/aromatic N) is 3. The summed E-state index contributed by atoms with van der Waals surface area (Å²) in [6.07, 6.45) is 3.60. The van der Waals surface area contributed by atoms with Crippen LogP contribution in [0.3, 0.4) is 0 Å². The highest BCUT2D eigenvalue weighted by molar-refractivity contribution is 7.07. The molecule has 0 aliphatic carbocycles. The van der Waals surface area contributed by atoms with Crippen molar-refractivity contribution in [2.75, 3.05) is 0 Å². The second kappa shape index (κ2) is 8.89. The average Bonchev–Trinajstić information content (AvgIpc) is 3.44. The first-order valence-corrected chi connectivity index (χ1v) is 10.2. The highest BCUT2D eigenvalue weighted by Gasteiger charge is 2.08. The lowest BCUT2D eigenvalue weighted by atomic mass is 10.2. The topological polar surface area (TPSA) is 69.0 Å². The Morgan fingerprint density at radius 3 is 2.66 bits per heavy atom. The molecular formula is C21H17ClN4O2S. The van der Waals surface area contributed by atoms with Crippen molar-refractivity contribution in [3.05, 3.63) is 93.7 Å². The number of hydrogen-bond donors (Lipinski definition) is 1. The summed E-state index contributed by atoms with van der Waals surface area (Å²) in [6.45, 7) is 0.793. The second-order valence-corrected chi connectivity index (χ2v) is 7.40. The smallest absolute Gasteiger partial charge is 0.251 e. The van der Waals surface area contributed by atoms with E-state index in [2.05, 4.69) is 15.4 Å². The number of carbonyl (C=O) groups is 1. The molecule has 0 aliphatic rings. The normalized spacial score (nSPS) is 10.7. The van der Waals surface area contributed by atoms with Gasteiger partial charge in [0, 0.05) is 34.3 Å². The zero-order valence-corrected chi connectivity index (χ0v) is 16.9. The van der Waals surface area contributed by atoms with Crippen LogP contribution in [-0.2, 0) is 13.2 Å². The number of rotatable bonds is 7. The van der Waals surface area contributed by atoms with Gasteiger partial charge in [0.15, 0.2) is 0 Å². The van der Waals surface area contributed by atoms with E-state index in [9.17, 15) is 4.79 Å². The van der Waals surface area contributed by atoms with Gasteiger partial charge < -0.3 is 10.1 Å². The number of amides is 1. The molecule has 0 atom stereocenters. The molecule has 1 N–H and O–H groups in total. The summed E-state index contributed by atoms with van der Waals surface area (Å²) in [4.78, 5) is 16.6. The van der Waals surface area contributed by atoms with Crippen LogP contribution >= 0.6 is 22.9 Å². The van der Waals surface area contributed by atoms with Gasteiger partial charge in [-0.05, 0) is 48.5 Å². The number of nitrogens with one attached hydrogen (secondary N) is 1. The lowest BCUT2D eigenvalue weighted by Crippen LogP contribution is -2.22. The lowest BCUT2D eigenvalue weighted by Gasteiger charge is -2.07. The van der Waals surface area contributed by atoms with Crippen molar-refractivity contribution in [2.24, 2.45) is 0 Å². The molecule has 4 aromatic rings. The Balaban J connectivity index is 1.31. The van der Waals surface area contributed by atoms with E-state index < -0.39 is 0 Å². The third-order valence-electron chi connectivity index (χ3n) is 4.17. The fourth-order valence-electron chi connectivity index (χ4n) is 2.64. The zero-order chi connectivity index (χ0) is 20.1. The molecule has 29 heavy (non-hydrogen) atoms. The van der Waals surface area contributed by atoms with E-state index in [0.717, 1.165) is 16.9 Å². The van der Waals surface area contributed by atoms with Crippen molar-refractivity contribution in [2.45, 2.75) is 13.2 Å². The predicted octanol–water partition coefficient (Wildman–Crippen LogP) is 4.49. The standard InChI is InChI=1S/C21H17ClN4O2S/c22-17-3-5-19(6-4-17)26-11-15(10-25-26)9-23-21(27)16-1-7-20(8-2-16)28-12-18-13-29-14-24-18/h1-8,10-11,13-14H,9,12H2,(H,23,27). The van der Waals surface area contributed by atoms with Gasteiger partial charge in [0.2, 0.25) is 0 Å². The minimum Gasteiger partial charge on any atom is -0.487 e. The number of carbonyl (C=O) groups excluding carboxylic acids is 1. The Morgan fingerprint density at radius 2 is 1.93 bits per heavy atom. The molecule has 0 saturated heterocycles. The van der Waals surface area contributed by atoms with Gasteiger partial charge in [-0.15, -0.1) is 11.3 Å². The monoisotopic (exact) mass is 424 g/mol. The van der Waals surface area contributed by atoms with Gasteiger partial charge in [-0.3, -0.25) is 4.79 Å². The van der Waals surface area contributed by atoms with E-state index in [1.165, 1.54) is 11.3 Å². The van der Waals surface area contributed by atoms with Crippen LogP contribution in [0.25, 0.3) is 5.69 Å². The molecule has 6 nitrogen and oxygen atoms in total. The molecule has 2 heterocycles. The van der Waals surface area contributed by atoms with Gasteiger partial charge in [0.05, 0.1) is 23.1 Å². The number of aromatic nitrogens is 3. The van der Waals surface area contributed by atoms with E-state index in [-0.39, 0.29) is 5.91 Å². The lowest BCUT2D eigenvalue weighted by molar-refractivity contribution is 0.0951. The van der Waals surface area contributed by atoms with E-state index in [1.54, 1.807) is 40.7 Å². The quantitative estimate of drug-likeness (QED) is 0.474. The molecule has 8 heteroatoms. The molecular weight excluding hydrogens is 408 g/mol. The SMILES string of the molecule is O=C(NCc1cnn(-c2ccc(Cl)cc2)c1)c1ccc(OCc2cscn2)cc1. The minimum absolute atomic E-state index is 0.157. The third kappa shape index (κ3) is 5.01. The Bertz CT molecular complexity index is 1080. The van der Waals surface area contributed by atoms with Crippen molar-refractivity contribution in [3.8, 4) is 11.4 Å². The van der Waals surface area contributed by atoms with Gasteiger partial charge in [0.1, 0.15) is 12.4 Å². The van der Waals surface area contributed by atoms with Crippen LogP contribution in [0.15, 0.2) is 71.8 Å². The van der Waals surface area contributed by atoms with Gasteiger partial charge >= 0.3 is 0 Å². The number of ether oxygens (including phenoxy) is 1. The van der Waals surface area contributed by atoms with Crippen LogP contribution in [0.2, 0.25) is 5.02 Å². The van der Waals surface area contributed by atoms with Gasteiger partial charge in [-0.1, -0.05) is 11.6 Å². The maximum atomic E-state index is 12.4. The molecule has 0 bridgehead atoms. The third-order valence-corrected chi connectivity index (χ3v) is 5.05. The van der Waals surface area contributed by atoms with Crippen LogP contribution < -0.4 is 10.1 Å². The van der Waals surface area contributed by atoms with Crippen LogP contribution in [0.1, 0.15) is 21.6 Å². The predicted molar refractivity (Wildman–Crippen MR) is 113 cm³/mol. The summed E-state index contributed by atoms with van der Waals surface area (Å²) < 4.78 is 7.40. The number of hydrogen-bond acceptors (Lipinski definition) is 5.